The average molecular weight is 528 g/mol. The second-order valence-electron chi connectivity index (χ2n) is 9.48. The fourth-order valence-corrected chi connectivity index (χ4v) is 5.48. The minimum absolute atomic E-state index is 0.245. The van der Waals surface area contributed by atoms with Crippen molar-refractivity contribution in [3.63, 3.8) is 0 Å². The number of aliphatic hydroxyl groups excluding tert-OH is 1. The first-order valence-electron chi connectivity index (χ1n) is 11.6. The number of rotatable bonds is 8. The molecule has 1 N–H and O–H groups in total. The molecule has 0 saturated carbocycles. The number of alkyl halides is 3. The molecule has 190 valence electrons. The van der Waals surface area contributed by atoms with Crippen molar-refractivity contribution in [2.24, 2.45) is 5.41 Å². The maximum absolute atomic E-state index is 14.0. The first-order valence-corrected chi connectivity index (χ1v) is 12.4. The number of amides is 1. The Balaban J connectivity index is 2.21. The summed E-state index contributed by atoms with van der Waals surface area (Å²) in [6, 6.07) is 12.9. The highest BCUT2D eigenvalue weighted by Crippen LogP contribution is 2.52. The predicted molar refractivity (Wildman–Crippen MR) is 134 cm³/mol. The van der Waals surface area contributed by atoms with E-state index in [-0.39, 0.29) is 18.2 Å². The fraction of sp³-hybridized carbons (Fsp3) is 0.444. The molecule has 0 spiro atoms. The number of hydrogen-bond acceptors (Lipinski definition) is 2. The Morgan fingerprint density at radius 2 is 1.83 bits per heavy atom. The number of halogens is 5. The highest BCUT2D eigenvalue weighted by molar-refractivity contribution is 6.30. The largest absolute Gasteiger partial charge is 0.414 e. The molecule has 3 nitrogen and oxygen atoms in total. The normalized spacial score (nSPS) is 24.8. The molecular formula is C27H30Cl2F3NO2. The monoisotopic (exact) mass is 527 g/mol. The minimum Gasteiger partial charge on any atom is -0.384 e. The van der Waals surface area contributed by atoms with Crippen LogP contribution in [0.1, 0.15) is 62.6 Å². The summed E-state index contributed by atoms with van der Waals surface area (Å²) in [5.74, 6) is -0.508. The van der Waals surface area contributed by atoms with Crippen molar-refractivity contribution in [1.82, 2.24) is 4.90 Å². The molecule has 0 radical (unpaired) electrons. The van der Waals surface area contributed by atoms with Gasteiger partial charge in [-0.05, 0) is 54.7 Å². The van der Waals surface area contributed by atoms with Gasteiger partial charge >= 0.3 is 6.18 Å². The van der Waals surface area contributed by atoms with Gasteiger partial charge in [0.1, 0.15) is 0 Å². The summed E-state index contributed by atoms with van der Waals surface area (Å²) in [7, 11) is 0. The zero-order valence-corrected chi connectivity index (χ0v) is 21.2. The molecule has 35 heavy (non-hydrogen) atoms. The van der Waals surface area contributed by atoms with Crippen molar-refractivity contribution >= 4 is 29.1 Å². The van der Waals surface area contributed by atoms with Crippen LogP contribution >= 0.6 is 23.2 Å². The number of aliphatic hydroxyl groups is 1. The van der Waals surface area contributed by atoms with E-state index in [0.717, 1.165) is 11.1 Å². The third-order valence-corrected chi connectivity index (χ3v) is 7.41. The summed E-state index contributed by atoms with van der Waals surface area (Å²) < 4.78 is 40.0. The van der Waals surface area contributed by atoms with Crippen LogP contribution in [0.4, 0.5) is 13.2 Å². The van der Waals surface area contributed by atoms with Gasteiger partial charge in [-0.1, -0.05) is 67.4 Å². The van der Waals surface area contributed by atoms with Crippen LogP contribution in [-0.4, -0.2) is 34.2 Å². The molecule has 1 saturated heterocycles. The summed E-state index contributed by atoms with van der Waals surface area (Å²) in [6.07, 6.45) is -5.19. The molecule has 0 aliphatic carbocycles. The van der Waals surface area contributed by atoms with E-state index in [1.165, 1.54) is 0 Å². The lowest BCUT2D eigenvalue weighted by Gasteiger charge is -2.52. The van der Waals surface area contributed by atoms with E-state index in [4.69, 9.17) is 23.2 Å². The molecule has 2 aromatic rings. The second kappa shape index (κ2) is 10.9. The van der Waals surface area contributed by atoms with Gasteiger partial charge < -0.3 is 10.0 Å². The molecule has 1 heterocycles. The van der Waals surface area contributed by atoms with Gasteiger partial charge in [-0.15, -0.1) is 6.58 Å². The number of carbonyl (C=O) groups excluding carboxylic acids is 1. The number of likely N-dealkylation sites (tertiary alicyclic amines) is 1. The number of nitrogens with zero attached hydrogens (tertiary/aromatic N) is 1. The lowest BCUT2D eigenvalue weighted by Crippen LogP contribution is -2.56. The van der Waals surface area contributed by atoms with Crippen molar-refractivity contribution in [3.8, 4) is 0 Å². The highest BCUT2D eigenvalue weighted by atomic mass is 35.5. The Morgan fingerprint density at radius 1 is 1.17 bits per heavy atom. The van der Waals surface area contributed by atoms with E-state index in [9.17, 15) is 23.1 Å². The van der Waals surface area contributed by atoms with Gasteiger partial charge in [0, 0.05) is 28.4 Å². The predicted octanol–water partition coefficient (Wildman–Crippen LogP) is 7.72. The summed E-state index contributed by atoms with van der Waals surface area (Å²) in [5, 5.41) is 11.0. The molecule has 0 aromatic heterocycles. The fourth-order valence-electron chi connectivity index (χ4n) is 5.16. The number of piperidine rings is 1. The Morgan fingerprint density at radius 3 is 2.37 bits per heavy atom. The van der Waals surface area contributed by atoms with Crippen molar-refractivity contribution in [2.45, 2.75) is 69.8 Å². The zero-order chi connectivity index (χ0) is 26.0. The van der Waals surface area contributed by atoms with Crippen molar-refractivity contribution in [1.29, 1.82) is 0 Å². The summed E-state index contributed by atoms with van der Waals surface area (Å²) >= 11 is 12.4. The Labute approximate surface area is 214 Å². The van der Waals surface area contributed by atoms with E-state index in [0.29, 0.717) is 22.9 Å². The summed E-state index contributed by atoms with van der Waals surface area (Å²) in [5.41, 5.74) is 0.763. The van der Waals surface area contributed by atoms with Gasteiger partial charge in [0.25, 0.3) is 0 Å². The standard InChI is InChI=1S/C27H30Cl2F3NO2/c1-4-13-26(3)16-22(18-7-6-8-20(29)14-18)24(17-9-11-19(28)12-10-17)33(25(26)35)21(5-2)15-23(34)27(30,31)32/h4,6-12,14,21-24,34H,1,5,13,15-16H2,2-3H3/t21?,22-,23?,24-,26+/m1/s1. The van der Waals surface area contributed by atoms with Crippen molar-refractivity contribution < 1.29 is 23.1 Å². The van der Waals surface area contributed by atoms with Crippen LogP contribution in [0.3, 0.4) is 0 Å². The molecule has 1 amide bonds. The average Bonchev–Trinajstić information content (AvgIpc) is 2.79. The van der Waals surface area contributed by atoms with Gasteiger partial charge in [0.2, 0.25) is 5.91 Å². The first kappa shape index (κ1) is 27.6. The van der Waals surface area contributed by atoms with Crippen LogP contribution in [0.2, 0.25) is 10.0 Å². The molecule has 1 aliphatic heterocycles. The summed E-state index contributed by atoms with van der Waals surface area (Å²) in [4.78, 5) is 15.6. The van der Waals surface area contributed by atoms with E-state index in [1.807, 2.05) is 25.1 Å². The molecule has 1 aliphatic rings. The van der Waals surface area contributed by atoms with Crippen LogP contribution < -0.4 is 0 Å². The molecular weight excluding hydrogens is 498 g/mol. The van der Waals surface area contributed by atoms with Crippen LogP contribution in [0.15, 0.2) is 61.2 Å². The Bertz CT molecular complexity index is 1040. The van der Waals surface area contributed by atoms with E-state index >= 15 is 0 Å². The molecule has 2 unspecified atom stereocenters. The topological polar surface area (TPSA) is 40.5 Å². The SMILES string of the molecule is C=CC[C@@]1(C)C[C@H](c2cccc(Cl)c2)[C@@H](c2ccc(Cl)cc2)N(C(CC)CC(O)C(F)(F)F)C1=O. The molecule has 2 aromatic carbocycles. The summed E-state index contributed by atoms with van der Waals surface area (Å²) in [6.45, 7) is 7.36. The minimum atomic E-state index is -4.78. The molecule has 5 atom stereocenters. The Hall–Kier alpha value is -2.02. The van der Waals surface area contributed by atoms with Crippen molar-refractivity contribution in [3.05, 3.63) is 82.4 Å². The van der Waals surface area contributed by atoms with E-state index in [2.05, 4.69) is 6.58 Å². The number of hydrogen-bond donors (Lipinski definition) is 1. The molecule has 3 rings (SSSR count). The zero-order valence-electron chi connectivity index (χ0n) is 19.7. The quantitative estimate of drug-likeness (QED) is 0.357. The van der Waals surface area contributed by atoms with Crippen LogP contribution in [0.25, 0.3) is 0 Å². The van der Waals surface area contributed by atoms with Crippen LogP contribution in [0.5, 0.6) is 0 Å². The van der Waals surface area contributed by atoms with Crippen LogP contribution in [-0.2, 0) is 4.79 Å². The smallest absolute Gasteiger partial charge is 0.384 e. The third-order valence-electron chi connectivity index (χ3n) is 6.92. The van der Waals surface area contributed by atoms with Gasteiger partial charge in [0.05, 0.1) is 11.5 Å². The van der Waals surface area contributed by atoms with Crippen LogP contribution in [0, 0.1) is 5.41 Å². The molecule has 1 fully saturated rings. The number of allylic oxidation sites excluding steroid dienone is 1. The third kappa shape index (κ3) is 6.04. The highest BCUT2D eigenvalue weighted by Gasteiger charge is 2.52. The first-order chi connectivity index (χ1) is 16.4. The number of benzene rings is 2. The van der Waals surface area contributed by atoms with Gasteiger partial charge in [-0.3, -0.25) is 4.79 Å². The maximum atomic E-state index is 14.0. The lowest BCUT2D eigenvalue weighted by atomic mass is 9.67. The van der Waals surface area contributed by atoms with Crippen molar-refractivity contribution in [2.75, 3.05) is 0 Å². The van der Waals surface area contributed by atoms with E-state index in [1.54, 1.807) is 48.2 Å². The Kier molecular flexibility index (Phi) is 8.61. The maximum Gasteiger partial charge on any atom is 0.414 e. The van der Waals surface area contributed by atoms with Gasteiger partial charge in [-0.2, -0.15) is 13.2 Å². The molecule has 0 bridgehead atoms. The van der Waals surface area contributed by atoms with Gasteiger partial charge in [0.15, 0.2) is 6.10 Å². The molecule has 8 heteroatoms. The lowest BCUT2D eigenvalue weighted by molar-refractivity contribution is -0.211. The van der Waals surface area contributed by atoms with Gasteiger partial charge in [-0.25, -0.2) is 0 Å². The number of carbonyl (C=O) groups is 1. The van der Waals surface area contributed by atoms with E-state index < -0.39 is 36.2 Å². The second-order valence-corrected chi connectivity index (χ2v) is 10.4.